The zero-order chi connectivity index (χ0) is 65.2. The van der Waals surface area contributed by atoms with Gasteiger partial charge in [-0.15, -0.1) is 0 Å². The maximum absolute atomic E-state index is 11.0. The fourth-order valence-corrected chi connectivity index (χ4v) is 4.18. The number of allylic oxidation sites excluding steroid dienone is 1. The average Bonchev–Trinajstić information content (AvgIpc) is 3.40. The Hall–Kier alpha value is -8.04. The fourth-order valence-electron chi connectivity index (χ4n) is 2.27. The van der Waals surface area contributed by atoms with Crippen LogP contribution in [-0.2, 0) is 109 Å². The van der Waals surface area contributed by atoms with Crippen molar-refractivity contribution in [3.05, 3.63) is 230 Å². The van der Waals surface area contributed by atoms with Crippen LogP contribution in [0.25, 0.3) is 0 Å². The van der Waals surface area contributed by atoms with E-state index in [1.165, 1.54) is 75.1 Å². The summed E-state index contributed by atoms with van der Waals surface area (Å²) in [6, 6.07) is 0. The van der Waals surface area contributed by atoms with Gasteiger partial charge in [0.25, 0.3) is 7.82 Å². The second-order valence-electron chi connectivity index (χ2n) is 11.5. The summed E-state index contributed by atoms with van der Waals surface area (Å²) in [7, 11) is -17.9. The highest BCUT2D eigenvalue weighted by molar-refractivity contribution is 7.46. The van der Waals surface area contributed by atoms with Gasteiger partial charge in [0.1, 0.15) is 100 Å². The van der Waals surface area contributed by atoms with E-state index in [-0.39, 0.29) is 18.6 Å². The first-order chi connectivity index (χ1) is 38.0. The van der Waals surface area contributed by atoms with E-state index in [4.69, 9.17) is 20.2 Å². The first kappa shape index (κ1) is 95.3. The Balaban J connectivity index is -0.0000000891. The Kier molecular flexibility index (Phi) is 89.7. The van der Waals surface area contributed by atoms with Crippen molar-refractivity contribution in [3.63, 3.8) is 0 Å². The third-order valence-corrected chi connectivity index (χ3v) is 7.40. The molecule has 0 spiro atoms. The minimum absolute atomic E-state index is 0.120. The van der Waals surface area contributed by atoms with Crippen molar-refractivity contribution in [2.75, 3.05) is 13.2 Å². The van der Waals surface area contributed by atoms with E-state index in [0.717, 1.165) is 6.26 Å². The predicted molar refractivity (Wildman–Crippen MR) is 289 cm³/mol. The van der Waals surface area contributed by atoms with E-state index in [2.05, 4.69) is 189 Å². The molecule has 35 heteroatoms. The summed E-state index contributed by atoms with van der Waals surface area (Å²) in [5.74, 6) is -0.500. The number of hydrogen-bond acceptors (Lipinski definition) is 30. The number of phosphoric acid groups is 4. The standard InChI is InChI=1S/C8H18O8P2.C6H12O.2C4H7O5P.6C4H6O2/c1-3-5-8(6-15-17(9,10)11)7-16-18(12,13)14-4-2;1-6(2,3)4-5-7;2*1-2-8-10(6,7)9-4-3-5;6*1-3-5-6-4-2/h4,8H,2-3,5-7H2,1H3,(H,12,13)(H2,9,10,11);4-5,7H,1-3H3;2*2-5H,1H2,(H,6,7);6*3-4H,1-2H2/p-4/b;5-4+;2*4-3-;;;;;;. The average molecular weight is 1250 g/mol. The largest absolute Gasteiger partial charge is 0.756 e. The van der Waals surface area contributed by atoms with E-state index < -0.39 is 37.2 Å². The van der Waals surface area contributed by atoms with Gasteiger partial charge in [0.2, 0.25) is 0 Å². The predicted octanol–water partition coefficient (Wildman–Crippen LogP) is 11.3. The second kappa shape index (κ2) is 76.2. The molecule has 5 unspecified atom stereocenters. The number of aliphatic hydroxyl groups excluding tert-OH is 3. The van der Waals surface area contributed by atoms with Gasteiger partial charge in [-0.05, 0) is 17.9 Å². The SMILES string of the molecule is C=COOC=C.C=COOC=C.C=COOC=C.C=COOC=C.C=COOC=C.C=COOC=C.C=COP(=O)([O-])O/C=C\O.C=COP(=O)([O-])O/C=C\O.C=COP(=O)([O-])OCC(CCC)COP(=O)([O-])O.CC(C)(C)/C=C/O. The maximum Gasteiger partial charge on any atom is 0.371 e. The Morgan fingerprint density at radius 1 is 0.395 bits per heavy atom. The number of rotatable bonds is 36. The van der Waals surface area contributed by atoms with Gasteiger partial charge in [0.15, 0.2) is 0 Å². The van der Waals surface area contributed by atoms with Gasteiger partial charge in [-0.3, -0.25) is 67.8 Å². The molecule has 0 fully saturated rings. The van der Waals surface area contributed by atoms with Crippen LogP contribution in [0.2, 0.25) is 0 Å². The molecule has 0 aromatic carbocycles. The zero-order valence-electron chi connectivity index (χ0n) is 45.2. The summed E-state index contributed by atoms with van der Waals surface area (Å²) in [6.45, 7) is 54.7. The van der Waals surface area contributed by atoms with E-state index >= 15 is 0 Å². The summed E-state index contributed by atoms with van der Waals surface area (Å²) in [6.07, 6.45) is 22.1. The molecule has 470 valence electrons. The van der Waals surface area contributed by atoms with Gasteiger partial charge in [-0.1, -0.05) is 133 Å². The first-order valence-corrected chi connectivity index (χ1v) is 26.5. The van der Waals surface area contributed by atoms with Crippen molar-refractivity contribution < 1.29 is 148 Å². The van der Waals surface area contributed by atoms with Crippen molar-refractivity contribution in [1.29, 1.82) is 0 Å². The van der Waals surface area contributed by atoms with Crippen molar-refractivity contribution in [3.8, 4) is 0 Å². The van der Waals surface area contributed by atoms with E-state index in [0.29, 0.717) is 56.7 Å². The molecular weight excluding hydrogens is 1170 g/mol. The highest BCUT2D eigenvalue weighted by atomic mass is 31.2. The van der Waals surface area contributed by atoms with Crippen LogP contribution in [0.3, 0.4) is 0 Å². The van der Waals surface area contributed by atoms with Crippen LogP contribution in [0, 0.1) is 11.3 Å². The lowest BCUT2D eigenvalue weighted by atomic mass is 9.98. The van der Waals surface area contributed by atoms with Crippen LogP contribution in [0.4, 0.5) is 0 Å². The molecule has 0 saturated carbocycles. The van der Waals surface area contributed by atoms with Crippen LogP contribution in [-0.4, -0.2) is 33.4 Å². The van der Waals surface area contributed by atoms with Crippen molar-refractivity contribution >= 4 is 31.3 Å². The van der Waals surface area contributed by atoms with Crippen LogP contribution in [0.15, 0.2) is 230 Å². The lowest BCUT2D eigenvalue weighted by molar-refractivity contribution is -0.224. The quantitative estimate of drug-likeness (QED) is 0.0149. The van der Waals surface area contributed by atoms with Gasteiger partial charge < -0.3 is 71.5 Å². The topological polar surface area (TPSA) is 417 Å². The highest BCUT2D eigenvalue weighted by Gasteiger charge is 2.16. The van der Waals surface area contributed by atoms with Gasteiger partial charge >= 0.3 is 23.5 Å². The Bertz CT molecular complexity index is 1660. The van der Waals surface area contributed by atoms with E-state index in [1.807, 2.05) is 27.7 Å². The molecule has 0 radical (unpaired) electrons. The lowest BCUT2D eigenvalue weighted by Crippen LogP contribution is -2.19. The molecule has 0 aliphatic heterocycles. The third-order valence-electron chi connectivity index (χ3n) is 4.48. The number of phosphoric ester groups is 4. The third kappa shape index (κ3) is 136. The minimum Gasteiger partial charge on any atom is -0.756 e. The van der Waals surface area contributed by atoms with Gasteiger partial charge in [-0.25, -0.2) is 9.13 Å². The van der Waals surface area contributed by atoms with Crippen molar-refractivity contribution in [2.24, 2.45) is 11.3 Å². The number of aliphatic hydroxyl groups is 3. The van der Waals surface area contributed by atoms with Crippen LogP contribution < -0.4 is 19.6 Å². The van der Waals surface area contributed by atoms with Crippen LogP contribution in [0.1, 0.15) is 40.5 Å². The molecule has 0 saturated heterocycles. The summed E-state index contributed by atoms with van der Waals surface area (Å²) < 4.78 is 70.6. The minimum atomic E-state index is -4.82. The summed E-state index contributed by atoms with van der Waals surface area (Å²) in [5, 5.41) is 24.1. The Labute approximate surface area is 473 Å². The molecule has 0 rings (SSSR count). The molecule has 0 aromatic rings. The molecule has 81 heavy (non-hydrogen) atoms. The molecule has 0 bridgehead atoms. The van der Waals surface area contributed by atoms with E-state index in [1.54, 1.807) is 6.08 Å². The number of hydrogen-bond donors (Lipinski definition) is 4. The van der Waals surface area contributed by atoms with Crippen LogP contribution >= 0.6 is 31.3 Å². The molecule has 0 aliphatic carbocycles. The maximum atomic E-state index is 11.0. The molecule has 4 N–H and O–H groups in total. The molecular formula is C46H76O31P4-4. The molecule has 0 heterocycles. The molecule has 0 aliphatic rings. The van der Waals surface area contributed by atoms with Gasteiger partial charge in [0.05, 0.1) is 38.3 Å². The van der Waals surface area contributed by atoms with Gasteiger partial charge in [0, 0.05) is 5.92 Å². The highest BCUT2D eigenvalue weighted by Crippen LogP contribution is 2.40. The summed E-state index contributed by atoms with van der Waals surface area (Å²) in [5.41, 5.74) is 0.120. The second-order valence-corrected chi connectivity index (χ2v) is 16.7. The van der Waals surface area contributed by atoms with Crippen molar-refractivity contribution in [1.82, 2.24) is 0 Å². The lowest BCUT2D eigenvalue weighted by Gasteiger charge is -2.25. The first-order valence-electron chi connectivity index (χ1n) is 20.6. The Morgan fingerprint density at radius 3 is 0.790 bits per heavy atom. The Morgan fingerprint density at radius 2 is 0.630 bits per heavy atom. The molecule has 0 aromatic heterocycles. The van der Waals surface area contributed by atoms with Crippen LogP contribution in [0.5, 0.6) is 0 Å². The smallest absolute Gasteiger partial charge is 0.371 e. The fraction of sp³-hybridized carbons (Fsp3) is 0.217. The zero-order valence-corrected chi connectivity index (χ0v) is 48.8. The molecule has 0 amide bonds. The molecule has 5 atom stereocenters. The molecule has 31 nitrogen and oxygen atoms in total. The monoisotopic (exact) mass is 1250 g/mol. The van der Waals surface area contributed by atoms with Crippen molar-refractivity contribution in [2.45, 2.75) is 40.5 Å². The summed E-state index contributed by atoms with van der Waals surface area (Å²) in [4.78, 5) is 100. The van der Waals surface area contributed by atoms with E-state index in [9.17, 15) is 37.8 Å². The normalized spacial score (nSPS) is 12.1. The summed E-state index contributed by atoms with van der Waals surface area (Å²) >= 11 is 0. The van der Waals surface area contributed by atoms with Gasteiger partial charge in [-0.2, -0.15) is 0 Å².